The number of aliphatic hydroxyl groups is 2. The number of piperidine rings is 1. The van der Waals surface area contributed by atoms with Gasteiger partial charge in [0.1, 0.15) is 41.9 Å². The van der Waals surface area contributed by atoms with Crippen molar-refractivity contribution in [2.24, 2.45) is 0 Å². The third-order valence-corrected chi connectivity index (χ3v) is 5.27. The Morgan fingerprint density at radius 1 is 1.10 bits per heavy atom. The van der Waals surface area contributed by atoms with Gasteiger partial charge in [0, 0.05) is 44.4 Å². The zero-order valence-corrected chi connectivity index (χ0v) is 17.9. The van der Waals surface area contributed by atoms with Crippen LogP contribution < -0.4 is 9.47 Å². The number of aliphatic hydroxyl groups excluding tert-OH is 1. The second kappa shape index (κ2) is 10.4. The number of hydrogen-bond acceptors (Lipinski definition) is 6. The van der Waals surface area contributed by atoms with Crippen molar-refractivity contribution in [3.63, 3.8) is 0 Å². The molecule has 2 aromatic carbocycles. The van der Waals surface area contributed by atoms with Crippen molar-refractivity contribution in [3.8, 4) is 11.5 Å². The number of rotatable bonds is 9. The van der Waals surface area contributed by atoms with Crippen LogP contribution in [-0.4, -0.2) is 78.7 Å². The zero-order chi connectivity index (χ0) is 22.4. The van der Waals surface area contributed by atoms with Crippen molar-refractivity contribution in [2.45, 2.75) is 24.7 Å². The van der Waals surface area contributed by atoms with Crippen LogP contribution in [0.3, 0.4) is 0 Å². The fourth-order valence-corrected chi connectivity index (χ4v) is 3.58. The molecule has 0 radical (unpaired) electrons. The molecule has 0 spiro atoms. The minimum atomic E-state index is -1.55. The summed E-state index contributed by atoms with van der Waals surface area (Å²) in [6.07, 6.45) is -0.640. The van der Waals surface area contributed by atoms with E-state index in [1.807, 2.05) is 48.2 Å². The van der Waals surface area contributed by atoms with E-state index >= 15 is 0 Å². The fraction of sp³-hybridized carbons (Fsp3) is 0.478. The van der Waals surface area contributed by atoms with Crippen molar-refractivity contribution < 1.29 is 28.5 Å². The maximum absolute atomic E-state index is 13.4. The molecular formula is C23H30F2N2O4. The Hall–Kier alpha value is -2.26. The lowest BCUT2D eigenvalue weighted by molar-refractivity contribution is -0.140. The van der Waals surface area contributed by atoms with E-state index in [1.165, 1.54) is 0 Å². The minimum absolute atomic E-state index is 0.0298. The summed E-state index contributed by atoms with van der Waals surface area (Å²) < 4.78 is 37.9. The lowest BCUT2D eigenvalue weighted by Crippen LogP contribution is -2.59. The molecule has 8 heteroatoms. The van der Waals surface area contributed by atoms with Crippen molar-refractivity contribution in [1.29, 1.82) is 0 Å². The summed E-state index contributed by atoms with van der Waals surface area (Å²) >= 11 is 0. The fourth-order valence-electron chi connectivity index (χ4n) is 3.58. The lowest BCUT2D eigenvalue weighted by atomic mass is 9.90. The molecule has 2 aromatic rings. The number of likely N-dealkylation sites (N-methyl/N-ethyl adjacent to an activating group) is 1. The first-order valence-corrected chi connectivity index (χ1v) is 10.3. The van der Waals surface area contributed by atoms with Crippen LogP contribution in [0, 0.1) is 11.6 Å². The smallest absolute Gasteiger partial charge is 0.137 e. The van der Waals surface area contributed by atoms with Gasteiger partial charge in [-0.3, -0.25) is 4.90 Å². The molecule has 0 unspecified atom stereocenters. The van der Waals surface area contributed by atoms with E-state index in [1.54, 1.807) is 0 Å². The van der Waals surface area contributed by atoms with Crippen LogP contribution >= 0.6 is 0 Å². The normalized spacial score (nSPS) is 22.0. The molecule has 0 saturated carbocycles. The van der Waals surface area contributed by atoms with Gasteiger partial charge in [0.15, 0.2) is 0 Å². The van der Waals surface area contributed by atoms with Crippen LogP contribution in [0.4, 0.5) is 8.78 Å². The first-order chi connectivity index (χ1) is 14.7. The van der Waals surface area contributed by atoms with Crippen LogP contribution in [0.1, 0.15) is 12.0 Å². The lowest BCUT2D eigenvalue weighted by Gasteiger charge is -2.42. The summed E-state index contributed by atoms with van der Waals surface area (Å²) in [4.78, 5) is 4.06. The number of β-amino-alcohol motifs (C(OH)–C–C–N with tert-alkyl or cyclic N) is 1. The van der Waals surface area contributed by atoms with E-state index < -0.39 is 23.3 Å². The summed E-state index contributed by atoms with van der Waals surface area (Å²) in [6.45, 7) is 2.46. The Morgan fingerprint density at radius 3 is 2.55 bits per heavy atom. The average molecular weight is 436 g/mol. The first-order valence-electron chi connectivity index (χ1n) is 10.3. The summed E-state index contributed by atoms with van der Waals surface area (Å²) in [5, 5.41) is 21.3. The van der Waals surface area contributed by atoms with E-state index in [9.17, 15) is 19.0 Å². The summed E-state index contributed by atoms with van der Waals surface area (Å²) in [7, 11) is 3.97. The SMILES string of the molecule is CN(C)CCOc1cccc(CN2CC[C@H](O)[C@@](O)(COc3cc(F)cc(F)c3)C2)c1. The minimum Gasteiger partial charge on any atom is -0.492 e. The van der Waals surface area contributed by atoms with Crippen molar-refractivity contribution in [2.75, 3.05) is 46.9 Å². The first kappa shape index (κ1) is 23.4. The molecular weight excluding hydrogens is 406 g/mol. The monoisotopic (exact) mass is 436 g/mol. The largest absolute Gasteiger partial charge is 0.492 e. The van der Waals surface area contributed by atoms with E-state index in [4.69, 9.17) is 9.47 Å². The van der Waals surface area contributed by atoms with E-state index in [-0.39, 0.29) is 18.9 Å². The van der Waals surface area contributed by atoms with Gasteiger partial charge < -0.3 is 24.6 Å². The van der Waals surface area contributed by atoms with Gasteiger partial charge in [0.2, 0.25) is 0 Å². The number of halogens is 2. The standard InChI is InChI=1S/C23H30F2N2O4/c1-26(2)8-9-30-20-5-3-4-17(10-20)14-27-7-6-22(28)23(29,15-27)16-31-21-12-18(24)11-19(25)13-21/h3-5,10-13,22,28-29H,6-9,14-16H2,1-2H3/t22-,23-/m0/s1. The highest BCUT2D eigenvalue weighted by Crippen LogP contribution is 2.26. The van der Waals surface area contributed by atoms with Crippen molar-refractivity contribution in [1.82, 2.24) is 9.80 Å². The van der Waals surface area contributed by atoms with Gasteiger partial charge in [-0.05, 0) is 38.2 Å². The highest BCUT2D eigenvalue weighted by molar-refractivity contribution is 5.28. The summed E-state index contributed by atoms with van der Waals surface area (Å²) in [6, 6.07) is 10.6. The quantitative estimate of drug-likeness (QED) is 0.629. The topological polar surface area (TPSA) is 65.4 Å². The maximum atomic E-state index is 13.4. The molecule has 31 heavy (non-hydrogen) atoms. The van der Waals surface area contributed by atoms with Crippen molar-refractivity contribution >= 4 is 0 Å². The molecule has 1 aliphatic heterocycles. The highest BCUT2D eigenvalue weighted by Gasteiger charge is 2.42. The molecule has 0 bridgehead atoms. The average Bonchev–Trinajstić information content (AvgIpc) is 2.69. The third-order valence-electron chi connectivity index (χ3n) is 5.27. The molecule has 3 rings (SSSR count). The number of benzene rings is 2. The van der Waals surface area contributed by atoms with Gasteiger partial charge in [-0.15, -0.1) is 0 Å². The van der Waals surface area contributed by atoms with E-state index in [0.717, 1.165) is 36.1 Å². The zero-order valence-electron chi connectivity index (χ0n) is 17.9. The Balaban J connectivity index is 1.59. The Morgan fingerprint density at radius 2 is 1.84 bits per heavy atom. The summed E-state index contributed by atoms with van der Waals surface area (Å²) in [5.41, 5.74) is -0.532. The molecule has 2 N–H and O–H groups in total. The molecule has 1 saturated heterocycles. The molecule has 0 aromatic heterocycles. The molecule has 0 amide bonds. The predicted octanol–water partition coefficient (Wildman–Crippen LogP) is 2.28. The number of nitrogens with zero attached hydrogens (tertiary/aromatic N) is 2. The predicted molar refractivity (Wildman–Crippen MR) is 113 cm³/mol. The van der Waals surface area contributed by atoms with Gasteiger partial charge in [0.05, 0.1) is 6.10 Å². The van der Waals surface area contributed by atoms with Gasteiger partial charge >= 0.3 is 0 Å². The third kappa shape index (κ3) is 6.87. The molecule has 2 atom stereocenters. The molecule has 170 valence electrons. The second-order valence-electron chi connectivity index (χ2n) is 8.31. The summed E-state index contributed by atoms with van der Waals surface area (Å²) in [5.74, 6) is -0.776. The van der Waals surface area contributed by atoms with E-state index in [2.05, 4.69) is 0 Å². The molecule has 6 nitrogen and oxygen atoms in total. The van der Waals surface area contributed by atoms with Gasteiger partial charge in [0.25, 0.3) is 0 Å². The van der Waals surface area contributed by atoms with Crippen molar-refractivity contribution in [3.05, 3.63) is 59.7 Å². The second-order valence-corrected chi connectivity index (χ2v) is 8.31. The van der Waals surface area contributed by atoms with Gasteiger partial charge in [-0.1, -0.05) is 12.1 Å². The van der Waals surface area contributed by atoms with Crippen LogP contribution in [0.25, 0.3) is 0 Å². The van der Waals surface area contributed by atoms with Crippen LogP contribution in [0.15, 0.2) is 42.5 Å². The van der Waals surface area contributed by atoms with Crippen LogP contribution in [-0.2, 0) is 6.54 Å². The molecule has 1 aliphatic rings. The maximum Gasteiger partial charge on any atom is 0.137 e. The molecule has 0 aliphatic carbocycles. The van der Waals surface area contributed by atoms with Crippen LogP contribution in [0.5, 0.6) is 11.5 Å². The number of likely N-dealkylation sites (tertiary alicyclic amines) is 1. The highest BCUT2D eigenvalue weighted by atomic mass is 19.1. The van der Waals surface area contributed by atoms with E-state index in [0.29, 0.717) is 26.1 Å². The van der Waals surface area contributed by atoms with Crippen LogP contribution in [0.2, 0.25) is 0 Å². The number of ether oxygens (including phenoxy) is 2. The Labute approximate surface area is 181 Å². The molecule has 1 heterocycles. The van der Waals surface area contributed by atoms with Gasteiger partial charge in [-0.2, -0.15) is 0 Å². The van der Waals surface area contributed by atoms with Gasteiger partial charge in [-0.25, -0.2) is 8.78 Å². The molecule has 1 fully saturated rings. The Bertz CT molecular complexity index is 847. The number of hydrogen-bond donors (Lipinski definition) is 2. The Kier molecular flexibility index (Phi) is 7.83.